The third-order valence-corrected chi connectivity index (χ3v) is 4.74. The maximum atomic E-state index is 11.4. The van der Waals surface area contributed by atoms with Gasteiger partial charge in [0.15, 0.2) is 0 Å². The van der Waals surface area contributed by atoms with Gasteiger partial charge in [0.25, 0.3) is 10.1 Å². The summed E-state index contributed by atoms with van der Waals surface area (Å²) in [6, 6.07) is 20.8. The summed E-state index contributed by atoms with van der Waals surface area (Å²) in [5, 5.41) is 0. The van der Waals surface area contributed by atoms with Gasteiger partial charge in [0.1, 0.15) is 23.0 Å². The molecule has 0 aliphatic rings. The van der Waals surface area contributed by atoms with Crippen LogP contribution >= 0.6 is 0 Å². The van der Waals surface area contributed by atoms with Gasteiger partial charge in [0.2, 0.25) is 0 Å². The molecule has 0 aliphatic heterocycles. The molecule has 6 heteroatoms. The number of para-hydroxylation sites is 1. The van der Waals surface area contributed by atoms with Gasteiger partial charge in [0, 0.05) is 6.07 Å². The summed E-state index contributed by atoms with van der Waals surface area (Å²) in [6.07, 6.45) is 1.61. The van der Waals surface area contributed by atoms with Gasteiger partial charge in [0.05, 0.1) is 4.90 Å². The van der Waals surface area contributed by atoms with Gasteiger partial charge in [-0.15, -0.1) is 0 Å². The summed E-state index contributed by atoms with van der Waals surface area (Å²) >= 11 is 0. The Kier molecular flexibility index (Phi) is 5.78. The van der Waals surface area contributed by atoms with E-state index in [0.29, 0.717) is 17.2 Å². The summed E-state index contributed by atoms with van der Waals surface area (Å²) < 4.78 is 43.7. The van der Waals surface area contributed by atoms with Crippen LogP contribution in [0.3, 0.4) is 0 Å². The molecule has 0 heterocycles. The van der Waals surface area contributed by atoms with Gasteiger partial charge in [-0.05, 0) is 54.4 Å². The number of hydrogen-bond donors (Lipinski definition) is 1. The van der Waals surface area contributed by atoms with Crippen LogP contribution < -0.4 is 9.47 Å². The highest BCUT2D eigenvalue weighted by molar-refractivity contribution is 7.85. The van der Waals surface area contributed by atoms with Gasteiger partial charge in [-0.25, -0.2) is 0 Å². The van der Waals surface area contributed by atoms with Crippen molar-refractivity contribution in [2.75, 3.05) is 0 Å². The quantitative estimate of drug-likeness (QED) is 0.547. The van der Waals surface area contributed by atoms with E-state index in [2.05, 4.69) is 0 Å². The second-order valence-corrected chi connectivity index (χ2v) is 7.40. The molecule has 3 aromatic carbocycles. The fourth-order valence-electron chi connectivity index (χ4n) is 2.59. The van der Waals surface area contributed by atoms with Crippen LogP contribution in [-0.2, 0) is 16.5 Å². The third kappa shape index (κ3) is 5.09. The van der Waals surface area contributed by atoms with Gasteiger partial charge >= 0.3 is 0 Å². The van der Waals surface area contributed by atoms with Crippen LogP contribution in [0.5, 0.6) is 23.0 Å². The second kappa shape index (κ2) is 8.24. The van der Waals surface area contributed by atoms with Crippen molar-refractivity contribution in [3.05, 3.63) is 78.4 Å². The van der Waals surface area contributed by atoms with E-state index in [1.165, 1.54) is 12.1 Å². The first-order chi connectivity index (χ1) is 13.0. The molecule has 3 rings (SSSR count). The third-order valence-electron chi connectivity index (χ3n) is 3.89. The molecular formula is C21H20O5S. The largest absolute Gasteiger partial charge is 0.457 e. The van der Waals surface area contributed by atoms with Crippen molar-refractivity contribution in [3.63, 3.8) is 0 Å². The summed E-state index contributed by atoms with van der Waals surface area (Å²) in [6.45, 7) is 2.02. The Balaban J connectivity index is 1.81. The van der Waals surface area contributed by atoms with Gasteiger partial charge in [-0.3, -0.25) is 4.55 Å². The normalized spacial score (nSPS) is 11.2. The molecule has 0 amide bonds. The Hall–Kier alpha value is -2.83. The lowest BCUT2D eigenvalue weighted by Gasteiger charge is -2.13. The molecule has 0 bridgehead atoms. The first-order valence-corrected chi connectivity index (χ1v) is 10.0. The van der Waals surface area contributed by atoms with Crippen LogP contribution in [0.15, 0.2) is 77.7 Å². The minimum absolute atomic E-state index is 0.193. The Bertz CT molecular complexity index is 997. The van der Waals surface area contributed by atoms with Gasteiger partial charge in [-0.1, -0.05) is 37.6 Å². The molecule has 0 aliphatic carbocycles. The van der Waals surface area contributed by atoms with Crippen molar-refractivity contribution >= 4 is 10.1 Å². The predicted octanol–water partition coefficient (Wildman–Crippen LogP) is 5.47. The summed E-state index contributed by atoms with van der Waals surface area (Å²) in [7, 11) is -4.29. The SMILES string of the molecule is CCCc1ccc(S(=O)(=O)O)cc1Oc1ccc(Oc2ccccc2)cc1. The van der Waals surface area contributed by atoms with Crippen LogP contribution in [0.1, 0.15) is 18.9 Å². The van der Waals surface area contributed by atoms with Crippen molar-refractivity contribution in [1.29, 1.82) is 0 Å². The molecule has 0 atom stereocenters. The van der Waals surface area contributed by atoms with Crippen molar-refractivity contribution in [2.24, 2.45) is 0 Å². The summed E-state index contributed by atoms with van der Waals surface area (Å²) in [5.41, 5.74) is 0.870. The molecule has 0 saturated heterocycles. The standard InChI is InChI=1S/C21H20O5S/c1-2-6-16-9-14-20(27(22,23)24)15-21(16)26-19-12-10-18(11-13-19)25-17-7-4-3-5-8-17/h3-5,7-15H,2,6H2,1H3,(H,22,23,24). The van der Waals surface area contributed by atoms with Crippen LogP contribution in [0.25, 0.3) is 0 Å². The lowest BCUT2D eigenvalue weighted by Crippen LogP contribution is -2.00. The fourth-order valence-corrected chi connectivity index (χ4v) is 3.09. The molecule has 0 aromatic heterocycles. The minimum Gasteiger partial charge on any atom is -0.457 e. The van der Waals surface area contributed by atoms with Crippen LogP contribution in [-0.4, -0.2) is 13.0 Å². The van der Waals surface area contributed by atoms with Gasteiger partial charge in [-0.2, -0.15) is 8.42 Å². The molecule has 140 valence electrons. The van der Waals surface area contributed by atoms with Crippen LogP contribution in [0.4, 0.5) is 0 Å². The smallest absolute Gasteiger partial charge is 0.294 e. The van der Waals surface area contributed by atoms with Crippen molar-refractivity contribution < 1.29 is 22.4 Å². The van der Waals surface area contributed by atoms with Crippen molar-refractivity contribution in [1.82, 2.24) is 0 Å². The van der Waals surface area contributed by atoms with Crippen LogP contribution in [0, 0.1) is 0 Å². The van der Waals surface area contributed by atoms with E-state index in [-0.39, 0.29) is 4.90 Å². The molecule has 0 saturated carbocycles. The van der Waals surface area contributed by atoms with E-state index in [9.17, 15) is 13.0 Å². The molecule has 0 unspecified atom stereocenters. The van der Waals surface area contributed by atoms with E-state index < -0.39 is 10.1 Å². The Morgan fingerprint density at radius 2 is 1.41 bits per heavy atom. The highest BCUT2D eigenvalue weighted by atomic mass is 32.2. The first kappa shape index (κ1) is 18.9. The van der Waals surface area contributed by atoms with Gasteiger partial charge < -0.3 is 9.47 Å². The highest BCUT2D eigenvalue weighted by Gasteiger charge is 2.14. The van der Waals surface area contributed by atoms with Crippen molar-refractivity contribution in [3.8, 4) is 23.0 Å². The lowest BCUT2D eigenvalue weighted by atomic mass is 10.1. The Morgan fingerprint density at radius 1 is 0.815 bits per heavy atom. The molecule has 27 heavy (non-hydrogen) atoms. The molecule has 5 nitrogen and oxygen atoms in total. The van der Waals surface area contributed by atoms with E-state index in [1.54, 1.807) is 30.3 Å². The molecule has 1 N–H and O–H groups in total. The number of aryl methyl sites for hydroxylation is 1. The van der Waals surface area contributed by atoms with Crippen LogP contribution in [0.2, 0.25) is 0 Å². The zero-order valence-corrected chi connectivity index (χ0v) is 15.6. The van der Waals surface area contributed by atoms with E-state index in [0.717, 1.165) is 24.2 Å². The lowest BCUT2D eigenvalue weighted by molar-refractivity contribution is 0.461. The maximum absolute atomic E-state index is 11.4. The number of rotatable bonds is 7. The topological polar surface area (TPSA) is 72.8 Å². The monoisotopic (exact) mass is 384 g/mol. The summed E-state index contributed by atoms with van der Waals surface area (Å²) in [4.78, 5) is -0.193. The molecule has 0 radical (unpaired) electrons. The van der Waals surface area contributed by atoms with E-state index >= 15 is 0 Å². The van der Waals surface area contributed by atoms with E-state index in [1.807, 2.05) is 37.3 Å². The van der Waals surface area contributed by atoms with Crippen molar-refractivity contribution in [2.45, 2.75) is 24.7 Å². The highest BCUT2D eigenvalue weighted by Crippen LogP contribution is 2.31. The molecule has 0 spiro atoms. The first-order valence-electron chi connectivity index (χ1n) is 8.57. The summed E-state index contributed by atoms with van der Waals surface area (Å²) in [5.74, 6) is 2.34. The molecule has 3 aromatic rings. The fraction of sp³-hybridized carbons (Fsp3) is 0.143. The average molecular weight is 384 g/mol. The zero-order chi connectivity index (χ0) is 19.3. The zero-order valence-electron chi connectivity index (χ0n) is 14.8. The average Bonchev–Trinajstić information content (AvgIpc) is 2.65. The predicted molar refractivity (Wildman–Crippen MR) is 103 cm³/mol. The second-order valence-electron chi connectivity index (χ2n) is 5.98. The number of benzene rings is 3. The van der Waals surface area contributed by atoms with E-state index in [4.69, 9.17) is 9.47 Å². The number of ether oxygens (including phenoxy) is 2. The minimum atomic E-state index is -4.29. The molecule has 0 fully saturated rings. The molecular weight excluding hydrogens is 364 g/mol. The number of hydrogen-bond acceptors (Lipinski definition) is 4. The maximum Gasteiger partial charge on any atom is 0.294 e. The Morgan fingerprint density at radius 3 is 2.00 bits per heavy atom. The Labute approximate surface area is 158 Å².